The van der Waals surface area contributed by atoms with Crippen LogP contribution in [0.25, 0.3) is 0 Å². The Labute approximate surface area is 136 Å². The van der Waals surface area contributed by atoms with Crippen LogP contribution in [-0.2, 0) is 19.1 Å². The summed E-state index contributed by atoms with van der Waals surface area (Å²) in [6.07, 6.45) is 7.54. The third kappa shape index (κ3) is 4.91. The van der Waals surface area contributed by atoms with E-state index in [0.717, 1.165) is 12.0 Å². The number of hydrogen-bond acceptors (Lipinski definition) is 4. The van der Waals surface area contributed by atoms with E-state index in [1.54, 1.807) is 0 Å². The monoisotopic (exact) mass is 323 g/mol. The van der Waals surface area contributed by atoms with Crippen LogP contribution in [0.5, 0.6) is 0 Å². The van der Waals surface area contributed by atoms with Gasteiger partial charge >= 0.3 is 5.97 Å². The van der Waals surface area contributed by atoms with Crippen molar-refractivity contribution in [1.29, 1.82) is 0 Å². The summed E-state index contributed by atoms with van der Waals surface area (Å²) in [5, 5.41) is 8.66. The number of aliphatic carboxylic acids is 1. The molecule has 1 saturated heterocycles. The van der Waals surface area contributed by atoms with Crippen molar-refractivity contribution in [3.8, 4) is 0 Å². The molecule has 1 heterocycles. The van der Waals surface area contributed by atoms with Crippen molar-refractivity contribution in [3.63, 3.8) is 0 Å². The number of ether oxygens (including phenoxy) is 2. The fraction of sp³-hybridized carbons (Fsp3) is 0.647. The van der Waals surface area contributed by atoms with E-state index in [2.05, 4.69) is 6.08 Å². The number of carbonyl (C=O) groups is 2. The Hall–Kier alpha value is -1.66. The molecule has 2 rings (SSSR count). The zero-order chi connectivity index (χ0) is 16.8. The van der Waals surface area contributed by atoms with Crippen LogP contribution in [0.4, 0.5) is 0 Å². The molecule has 0 aromatic carbocycles. The van der Waals surface area contributed by atoms with Gasteiger partial charge in [0, 0.05) is 25.4 Å². The fourth-order valence-electron chi connectivity index (χ4n) is 3.03. The van der Waals surface area contributed by atoms with Gasteiger partial charge in [-0.1, -0.05) is 12.2 Å². The van der Waals surface area contributed by atoms with E-state index < -0.39 is 5.97 Å². The molecule has 0 radical (unpaired) electrons. The molecule has 3 atom stereocenters. The highest BCUT2D eigenvalue weighted by Crippen LogP contribution is 2.25. The third-order valence-corrected chi connectivity index (χ3v) is 4.23. The first-order valence-corrected chi connectivity index (χ1v) is 8.14. The summed E-state index contributed by atoms with van der Waals surface area (Å²) in [4.78, 5) is 24.6. The molecule has 1 N–H and O–H groups in total. The molecule has 0 aromatic rings. The fourth-order valence-corrected chi connectivity index (χ4v) is 3.03. The van der Waals surface area contributed by atoms with Gasteiger partial charge in [0.1, 0.15) is 19.0 Å². The van der Waals surface area contributed by atoms with Gasteiger partial charge in [-0.15, -0.1) is 0 Å². The molecule has 0 saturated carbocycles. The summed E-state index contributed by atoms with van der Waals surface area (Å²) < 4.78 is 10.9. The van der Waals surface area contributed by atoms with Crippen LogP contribution in [0, 0.1) is 0 Å². The summed E-state index contributed by atoms with van der Waals surface area (Å²) in [6.45, 7) is 4.91. The minimum atomic E-state index is -0.861. The maximum Gasteiger partial charge on any atom is 0.303 e. The summed E-state index contributed by atoms with van der Waals surface area (Å²) in [6, 6.07) is 0.0621. The molecule has 23 heavy (non-hydrogen) atoms. The maximum absolute atomic E-state index is 12.3. The highest BCUT2D eigenvalue weighted by Gasteiger charge is 2.28. The second-order valence-corrected chi connectivity index (χ2v) is 5.96. The van der Waals surface area contributed by atoms with Crippen LogP contribution in [0.15, 0.2) is 23.8 Å². The van der Waals surface area contributed by atoms with Gasteiger partial charge in [-0.05, 0) is 38.3 Å². The van der Waals surface area contributed by atoms with Crippen molar-refractivity contribution in [2.75, 3.05) is 13.3 Å². The summed E-state index contributed by atoms with van der Waals surface area (Å²) in [7, 11) is 0. The number of allylic oxidation sites excluding steroid dienone is 1. The molecule has 1 amide bonds. The third-order valence-electron chi connectivity index (χ3n) is 4.23. The van der Waals surface area contributed by atoms with Crippen LogP contribution >= 0.6 is 0 Å². The molecule has 0 aromatic heterocycles. The molecule has 1 aliphatic heterocycles. The van der Waals surface area contributed by atoms with E-state index in [4.69, 9.17) is 14.6 Å². The van der Waals surface area contributed by atoms with Gasteiger partial charge in [0.2, 0.25) is 5.91 Å². The van der Waals surface area contributed by atoms with Crippen molar-refractivity contribution in [1.82, 2.24) is 4.90 Å². The molecule has 6 heteroatoms. The van der Waals surface area contributed by atoms with Gasteiger partial charge in [-0.25, -0.2) is 0 Å². The normalized spacial score (nSPS) is 24.0. The quantitative estimate of drug-likeness (QED) is 0.740. The van der Waals surface area contributed by atoms with Crippen LogP contribution in [0.1, 0.15) is 39.5 Å². The lowest BCUT2D eigenvalue weighted by molar-refractivity contribution is -0.137. The van der Waals surface area contributed by atoms with Crippen LogP contribution < -0.4 is 0 Å². The Balaban J connectivity index is 1.87. The molecule has 0 spiro atoms. The van der Waals surface area contributed by atoms with Gasteiger partial charge in [0.25, 0.3) is 0 Å². The second kappa shape index (κ2) is 8.26. The number of amides is 1. The van der Waals surface area contributed by atoms with E-state index in [1.165, 1.54) is 0 Å². The van der Waals surface area contributed by atoms with Crippen molar-refractivity contribution < 1.29 is 24.2 Å². The molecule has 1 aliphatic carbocycles. The lowest BCUT2D eigenvalue weighted by atomic mass is 9.97. The standard InChI is InChI=1S/C17H25NO5/c1-3-18(16(19)5-4-6-17(20)21)12(2)9-13-7-8-14-15(10-13)23-11-22-14/h7-8,10,12,14-15H,3-6,9,11H2,1-2H3,(H,20,21)/t12-,14?,15?/m0/s1. The van der Waals surface area contributed by atoms with Gasteiger partial charge in [0.05, 0.1) is 0 Å². The van der Waals surface area contributed by atoms with Crippen molar-refractivity contribution in [2.24, 2.45) is 0 Å². The molecule has 6 nitrogen and oxygen atoms in total. The van der Waals surface area contributed by atoms with Crippen LogP contribution in [0.3, 0.4) is 0 Å². The first-order chi connectivity index (χ1) is 11.0. The zero-order valence-electron chi connectivity index (χ0n) is 13.7. The molecular weight excluding hydrogens is 298 g/mol. The van der Waals surface area contributed by atoms with Crippen LogP contribution in [-0.4, -0.2) is 53.5 Å². The first-order valence-electron chi connectivity index (χ1n) is 8.14. The molecular formula is C17H25NO5. The molecule has 1 fully saturated rings. The van der Waals surface area contributed by atoms with Gasteiger partial charge in [-0.2, -0.15) is 0 Å². The number of carboxylic acid groups (broad SMARTS) is 1. The number of fused-ring (bicyclic) bond motifs is 1. The smallest absolute Gasteiger partial charge is 0.303 e. The predicted molar refractivity (Wildman–Crippen MR) is 84.8 cm³/mol. The number of rotatable bonds is 8. The topological polar surface area (TPSA) is 76.1 Å². The first kappa shape index (κ1) is 17.7. The van der Waals surface area contributed by atoms with Crippen molar-refractivity contribution in [3.05, 3.63) is 23.8 Å². The zero-order valence-corrected chi connectivity index (χ0v) is 13.7. The number of nitrogens with zero attached hydrogens (tertiary/aromatic N) is 1. The number of carbonyl (C=O) groups excluding carboxylic acids is 1. The average Bonchev–Trinajstić information content (AvgIpc) is 2.95. The summed E-state index contributed by atoms with van der Waals surface area (Å²) >= 11 is 0. The lowest BCUT2D eigenvalue weighted by Crippen LogP contribution is -2.38. The van der Waals surface area contributed by atoms with Gasteiger partial charge < -0.3 is 19.5 Å². The van der Waals surface area contributed by atoms with E-state index in [0.29, 0.717) is 19.8 Å². The maximum atomic E-state index is 12.3. The van der Waals surface area contributed by atoms with E-state index >= 15 is 0 Å². The Kier molecular flexibility index (Phi) is 6.36. The van der Waals surface area contributed by atoms with Crippen molar-refractivity contribution in [2.45, 2.75) is 57.8 Å². The lowest BCUT2D eigenvalue weighted by Gasteiger charge is -2.29. The van der Waals surface area contributed by atoms with Gasteiger partial charge in [0.15, 0.2) is 0 Å². The molecule has 2 aliphatic rings. The van der Waals surface area contributed by atoms with Gasteiger partial charge in [-0.3, -0.25) is 9.59 Å². The molecule has 2 unspecified atom stereocenters. The predicted octanol–water partition coefficient (Wildman–Crippen LogP) is 2.11. The highest BCUT2D eigenvalue weighted by molar-refractivity contribution is 5.77. The largest absolute Gasteiger partial charge is 0.481 e. The van der Waals surface area contributed by atoms with E-state index in [-0.39, 0.29) is 37.0 Å². The Morgan fingerprint density at radius 2 is 2.09 bits per heavy atom. The molecule has 128 valence electrons. The van der Waals surface area contributed by atoms with Crippen molar-refractivity contribution >= 4 is 11.9 Å². The Morgan fingerprint density at radius 1 is 1.35 bits per heavy atom. The number of carboxylic acids is 1. The number of hydrogen-bond donors (Lipinski definition) is 1. The van der Waals surface area contributed by atoms with E-state index in [1.807, 2.05) is 30.9 Å². The van der Waals surface area contributed by atoms with Crippen LogP contribution in [0.2, 0.25) is 0 Å². The summed E-state index contributed by atoms with van der Waals surface area (Å²) in [5.74, 6) is -0.848. The van der Waals surface area contributed by atoms with E-state index in [9.17, 15) is 9.59 Å². The SMILES string of the molecule is CCN(C(=O)CCCC(=O)O)[C@@H](C)CC1=CC2OCOC2C=C1. The Bertz CT molecular complexity index is 499. The second-order valence-electron chi connectivity index (χ2n) is 5.96. The minimum absolute atomic E-state index is 0.00832. The highest BCUT2D eigenvalue weighted by atomic mass is 16.7. The summed E-state index contributed by atoms with van der Waals surface area (Å²) in [5.41, 5.74) is 1.14. The Morgan fingerprint density at radius 3 is 2.78 bits per heavy atom. The molecule has 0 bridgehead atoms. The minimum Gasteiger partial charge on any atom is -0.481 e. The average molecular weight is 323 g/mol.